The summed E-state index contributed by atoms with van der Waals surface area (Å²) >= 11 is 6.17. The Kier molecular flexibility index (Phi) is 5.38. The van der Waals surface area contributed by atoms with E-state index >= 15 is 0 Å². The monoisotopic (exact) mass is 305 g/mol. The molecular weight excluding hydrogens is 285 g/mol. The van der Waals surface area contributed by atoms with Gasteiger partial charge in [0.15, 0.2) is 0 Å². The summed E-state index contributed by atoms with van der Waals surface area (Å²) in [5.74, 6) is 0.327. The standard InChI is InChI=1S/C18H21ClFN/c1-12(2)10-13-4-6-14(7-5-13)18(21-3)16-9-8-15(20)11-17(16)19/h4-9,11-12,18,21H,10H2,1-3H3. The van der Waals surface area contributed by atoms with E-state index in [2.05, 4.69) is 43.4 Å². The lowest BCUT2D eigenvalue weighted by Gasteiger charge is -2.19. The minimum Gasteiger partial charge on any atom is -0.309 e. The average Bonchev–Trinajstić information content (AvgIpc) is 2.43. The maximum atomic E-state index is 13.2. The fourth-order valence-corrected chi connectivity index (χ4v) is 2.83. The zero-order valence-electron chi connectivity index (χ0n) is 12.7. The number of rotatable bonds is 5. The van der Waals surface area contributed by atoms with Crippen LogP contribution >= 0.6 is 11.6 Å². The van der Waals surface area contributed by atoms with E-state index < -0.39 is 0 Å². The first-order chi connectivity index (χ1) is 10.0. The molecule has 0 spiro atoms. The molecule has 0 radical (unpaired) electrons. The van der Waals surface area contributed by atoms with Gasteiger partial charge in [-0.1, -0.05) is 55.8 Å². The zero-order valence-corrected chi connectivity index (χ0v) is 13.4. The second kappa shape index (κ2) is 7.06. The quantitative estimate of drug-likeness (QED) is 0.821. The Morgan fingerprint density at radius 3 is 2.29 bits per heavy atom. The molecule has 2 aromatic carbocycles. The van der Waals surface area contributed by atoms with Crippen molar-refractivity contribution < 1.29 is 4.39 Å². The molecule has 0 heterocycles. The van der Waals surface area contributed by atoms with E-state index in [1.54, 1.807) is 6.07 Å². The number of nitrogens with one attached hydrogen (secondary N) is 1. The highest BCUT2D eigenvalue weighted by Gasteiger charge is 2.15. The summed E-state index contributed by atoms with van der Waals surface area (Å²) in [4.78, 5) is 0. The molecule has 0 fully saturated rings. The van der Waals surface area contributed by atoms with Crippen molar-refractivity contribution in [1.82, 2.24) is 5.32 Å². The molecule has 1 N–H and O–H groups in total. The van der Waals surface area contributed by atoms with E-state index in [4.69, 9.17) is 11.6 Å². The Balaban J connectivity index is 2.28. The van der Waals surface area contributed by atoms with Gasteiger partial charge in [0.25, 0.3) is 0 Å². The highest BCUT2D eigenvalue weighted by atomic mass is 35.5. The number of benzene rings is 2. The highest BCUT2D eigenvalue weighted by molar-refractivity contribution is 6.31. The molecular formula is C18H21ClFN. The predicted octanol–water partition coefficient (Wildman–Crippen LogP) is 4.99. The molecule has 3 heteroatoms. The highest BCUT2D eigenvalue weighted by Crippen LogP contribution is 2.29. The molecule has 0 aliphatic rings. The minimum absolute atomic E-state index is 0.0359. The topological polar surface area (TPSA) is 12.0 Å². The third kappa shape index (κ3) is 4.05. The Labute approximate surface area is 131 Å². The molecule has 2 aromatic rings. The van der Waals surface area contributed by atoms with Crippen LogP contribution in [-0.4, -0.2) is 7.05 Å². The predicted molar refractivity (Wildman–Crippen MR) is 87.3 cm³/mol. The van der Waals surface area contributed by atoms with E-state index in [1.807, 2.05) is 7.05 Å². The first-order valence-electron chi connectivity index (χ1n) is 7.22. The van der Waals surface area contributed by atoms with Gasteiger partial charge in [0.1, 0.15) is 5.82 Å². The molecule has 21 heavy (non-hydrogen) atoms. The van der Waals surface area contributed by atoms with E-state index in [9.17, 15) is 4.39 Å². The molecule has 0 aromatic heterocycles. The van der Waals surface area contributed by atoms with Crippen LogP contribution < -0.4 is 5.32 Å². The zero-order chi connectivity index (χ0) is 15.4. The van der Waals surface area contributed by atoms with Crippen molar-refractivity contribution >= 4 is 11.6 Å². The van der Waals surface area contributed by atoms with Gasteiger partial charge in [0.05, 0.1) is 6.04 Å². The fourth-order valence-electron chi connectivity index (χ4n) is 2.55. The van der Waals surface area contributed by atoms with Crippen LogP contribution in [0.3, 0.4) is 0 Å². The third-order valence-electron chi connectivity index (χ3n) is 3.52. The van der Waals surface area contributed by atoms with E-state index in [-0.39, 0.29) is 11.9 Å². The van der Waals surface area contributed by atoms with Crippen molar-refractivity contribution in [2.24, 2.45) is 5.92 Å². The van der Waals surface area contributed by atoms with Gasteiger partial charge in [-0.3, -0.25) is 0 Å². The number of hydrogen-bond acceptors (Lipinski definition) is 1. The number of halogens is 2. The van der Waals surface area contributed by atoms with E-state index in [0.29, 0.717) is 10.9 Å². The Morgan fingerprint density at radius 1 is 1.10 bits per heavy atom. The van der Waals surface area contributed by atoms with Crippen molar-refractivity contribution in [1.29, 1.82) is 0 Å². The van der Waals surface area contributed by atoms with Crippen molar-refractivity contribution in [2.45, 2.75) is 26.3 Å². The van der Waals surface area contributed by atoms with Gasteiger partial charge in [-0.15, -0.1) is 0 Å². The maximum absolute atomic E-state index is 13.2. The van der Waals surface area contributed by atoms with Crippen LogP contribution in [-0.2, 0) is 6.42 Å². The molecule has 1 unspecified atom stereocenters. The summed E-state index contributed by atoms with van der Waals surface area (Å²) in [7, 11) is 1.88. The summed E-state index contributed by atoms with van der Waals surface area (Å²) in [6.45, 7) is 4.42. The second-order valence-electron chi connectivity index (χ2n) is 5.73. The Hall–Kier alpha value is -1.38. The van der Waals surface area contributed by atoms with Crippen LogP contribution in [0.5, 0.6) is 0 Å². The van der Waals surface area contributed by atoms with Crippen molar-refractivity contribution in [3.05, 3.63) is 70.0 Å². The minimum atomic E-state index is -0.314. The second-order valence-corrected chi connectivity index (χ2v) is 6.13. The lowest BCUT2D eigenvalue weighted by molar-refractivity contribution is 0.623. The van der Waals surface area contributed by atoms with Gasteiger partial charge in [-0.2, -0.15) is 0 Å². The average molecular weight is 306 g/mol. The summed E-state index contributed by atoms with van der Waals surface area (Å²) in [5.41, 5.74) is 3.34. The molecule has 1 atom stereocenters. The summed E-state index contributed by atoms with van der Waals surface area (Å²) in [6.07, 6.45) is 1.07. The SMILES string of the molecule is CNC(c1ccc(CC(C)C)cc1)c1ccc(F)cc1Cl. The number of hydrogen-bond donors (Lipinski definition) is 1. The fraction of sp³-hybridized carbons (Fsp3) is 0.333. The maximum Gasteiger partial charge on any atom is 0.124 e. The Bertz CT molecular complexity index is 593. The molecule has 2 rings (SSSR count). The lowest BCUT2D eigenvalue weighted by Crippen LogP contribution is -2.18. The van der Waals surface area contributed by atoms with Crippen LogP contribution in [0, 0.1) is 11.7 Å². The van der Waals surface area contributed by atoms with E-state index in [0.717, 1.165) is 17.5 Å². The third-order valence-corrected chi connectivity index (χ3v) is 3.85. The summed E-state index contributed by atoms with van der Waals surface area (Å²) < 4.78 is 13.2. The molecule has 0 saturated heterocycles. The molecule has 0 aliphatic carbocycles. The van der Waals surface area contributed by atoms with Gasteiger partial charge < -0.3 is 5.32 Å². The molecule has 0 amide bonds. The van der Waals surface area contributed by atoms with Crippen LogP contribution in [0.25, 0.3) is 0 Å². The van der Waals surface area contributed by atoms with Crippen molar-refractivity contribution in [2.75, 3.05) is 7.05 Å². The van der Waals surface area contributed by atoms with Crippen LogP contribution in [0.2, 0.25) is 5.02 Å². The van der Waals surface area contributed by atoms with Crippen molar-refractivity contribution in [3.63, 3.8) is 0 Å². The Morgan fingerprint density at radius 2 is 1.76 bits per heavy atom. The van der Waals surface area contributed by atoms with Gasteiger partial charge in [0.2, 0.25) is 0 Å². The molecule has 112 valence electrons. The normalized spacial score (nSPS) is 12.7. The molecule has 0 saturated carbocycles. The summed E-state index contributed by atoms with van der Waals surface area (Å²) in [6, 6.07) is 13.0. The van der Waals surface area contributed by atoms with Gasteiger partial charge in [-0.05, 0) is 48.2 Å². The van der Waals surface area contributed by atoms with Gasteiger partial charge >= 0.3 is 0 Å². The van der Waals surface area contributed by atoms with Gasteiger partial charge in [-0.25, -0.2) is 4.39 Å². The first kappa shape index (κ1) is 16.0. The largest absolute Gasteiger partial charge is 0.309 e. The van der Waals surface area contributed by atoms with Crippen LogP contribution in [0.15, 0.2) is 42.5 Å². The molecule has 1 nitrogen and oxygen atoms in total. The van der Waals surface area contributed by atoms with E-state index in [1.165, 1.54) is 17.7 Å². The van der Waals surface area contributed by atoms with Crippen molar-refractivity contribution in [3.8, 4) is 0 Å². The summed E-state index contributed by atoms with van der Waals surface area (Å²) in [5, 5.41) is 3.69. The smallest absolute Gasteiger partial charge is 0.124 e. The van der Waals surface area contributed by atoms with Crippen LogP contribution in [0.4, 0.5) is 4.39 Å². The van der Waals surface area contributed by atoms with Gasteiger partial charge in [0, 0.05) is 5.02 Å². The molecule has 0 bridgehead atoms. The molecule has 0 aliphatic heterocycles. The van der Waals surface area contributed by atoms with Crippen LogP contribution in [0.1, 0.15) is 36.6 Å². The first-order valence-corrected chi connectivity index (χ1v) is 7.60. The lowest BCUT2D eigenvalue weighted by atomic mass is 9.95.